The number of rotatable bonds is 5. The lowest BCUT2D eigenvalue weighted by Gasteiger charge is -2.08. The van der Waals surface area contributed by atoms with Gasteiger partial charge in [0, 0.05) is 11.6 Å². The fraction of sp³-hybridized carbons (Fsp3) is 0.250. The average molecular weight is 354 g/mol. The number of nitrogens with zero attached hydrogens (tertiary/aromatic N) is 1. The first kappa shape index (κ1) is 17.4. The predicted molar refractivity (Wildman–Crippen MR) is 103 cm³/mol. The molecule has 0 aromatic heterocycles. The summed E-state index contributed by atoms with van der Waals surface area (Å²) in [7, 11) is -3.55. The van der Waals surface area contributed by atoms with Gasteiger partial charge in [0.1, 0.15) is 10.7 Å². The van der Waals surface area contributed by atoms with E-state index in [-0.39, 0.29) is 6.04 Å². The van der Waals surface area contributed by atoms with Crippen molar-refractivity contribution in [2.24, 2.45) is 4.99 Å². The Morgan fingerprint density at radius 1 is 1.00 bits per heavy atom. The maximum absolute atomic E-state index is 12.5. The van der Waals surface area contributed by atoms with Crippen molar-refractivity contribution in [3.05, 3.63) is 77.4 Å². The molecule has 0 radical (unpaired) electrons. The Kier molecular flexibility index (Phi) is 5.04. The molecule has 4 nitrogen and oxygen atoms in total. The molecule has 25 heavy (non-hydrogen) atoms. The molecule has 0 amide bonds. The number of aryl methyl sites for hydroxylation is 1. The highest BCUT2D eigenvalue weighted by Gasteiger charge is 2.32. The lowest BCUT2D eigenvalue weighted by atomic mass is 10.1. The van der Waals surface area contributed by atoms with Crippen LogP contribution in [-0.2, 0) is 16.4 Å². The summed E-state index contributed by atoms with van der Waals surface area (Å²) in [5.74, 6) is 0.458. The zero-order chi connectivity index (χ0) is 17.9. The van der Waals surface area contributed by atoms with Gasteiger partial charge < -0.3 is 0 Å². The zero-order valence-corrected chi connectivity index (χ0v) is 15.3. The normalized spacial score (nSPS) is 19.0. The number of amidine groups is 1. The van der Waals surface area contributed by atoms with Gasteiger partial charge in [0.05, 0.1) is 0 Å². The van der Waals surface area contributed by atoms with Crippen molar-refractivity contribution in [1.29, 1.82) is 0 Å². The number of benzene rings is 2. The van der Waals surface area contributed by atoms with E-state index in [0.29, 0.717) is 21.9 Å². The smallest absolute Gasteiger partial charge is 0.264 e. The summed E-state index contributed by atoms with van der Waals surface area (Å²) < 4.78 is 27.6. The monoisotopic (exact) mass is 354 g/mol. The third-order valence-corrected chi connectivity index (χ3v) is 5.82. The highest BCUT2D eigenvalue weighted by molar-refractivity contribution is 8.00. The molecule has 0 bridgehead atoms. The van der Waals surface area contributed by atoms with Crippen LogP contribution >= 0.6 is 0 Å². The third kappa shape index (κ3) is 3.99. The molecule has 0 saturated heterocycles. The van der Waals surface area contributed by atoms with Gasteiger partial charge in [0.25, 0.3) is 10.0 Å². The molecule has 0 fully saturated rings. The van der Waals surface area contributed by atoms with Gasteiger partial charge in [-0.2, -0.15) is 0 Å². The van der Waals surface area contributed by atoms with Crippen molar-refractivity contribution in [3.63, 3.8) is 0 Å². The fourth-order valence-electron chi connectivity index (χ4n) is 2.95. The molecule has 1 aliphatic rings. The van der Waals surface area contributed by atoms with Gasteiger partial charge in [-0.1, -0.05) is 60.7 Å². The minimum absolute atomic E-state index is 0.0305. The van der Waals surface area contributed by atoms with Gasteiger partial charge in [-0.3, -0.25) is 9.71 Å². The van der Waals surface area contributed by atoms with Crippen LogP contribution in [-0.4, -0.2) is 20.3 Å². The molecule has 0 aliphatic carbocycles. The van der Waals surface area contributed by atoms with Gasteiger partial charge >= 0.3 is 0 Å². The molecule has 2 aromatic rings. The number of nitrogens with one attached hydrogen (secondary N) is 1. The summed E-state index contributed by atoms with van der Waals surface area (Å²) in [5.41, 5.74) is 2.63. The van der Waals surface area contributed by atoms with Crippen LogP contribution in [0.3, 0.4) is 0 Å². The second-order valence-electron chi connectivity index (χ2n) is 6.28. The second kappa shape index (κ2) is 7.23. The molecule has 3 rings (SSSR count). The molecular weight excluding hydrogens is 332 g/mol. The van der Waals surface area contributed by atoms with Crippen LogP contribution in [0.15, 0.2) is 71.2 Å². The van der Waals surface area contributed by atoms with Gasteiger partial charge in [-0.15, -0.1) is 0 Å². The van der Waals surface area contributed by atoms with E-state index >= 15 is 0 Å². The molecule has 2 aromatic carbocycles. The van der Waals surface area contributed by atoms with Crippen LogP contribution < -0.4 is 4.72 Å². The molecule has 130 valence electrons. The number of aliphatic imine (C=N–C) groups is 1. The number of sulfonamides is 1. The minimum atomic E-state index is -3.55. The highest BCUT2D eigenvalue weighted by Crippen LogP contribution is 2.29. The number of hydrogen-bond acceptors (Lipinski definition) is 3. The highest BCUT2D eigenvalue weighted by atomic mass is 32.2. The van der Waals surface area contributed by atoms with Crippen LogP contribution in [0.25, 0.3) is 4.91 Å². The Morgan fingerprint density at radius 3 is 2.24 bits per heavy atom. The van der Waals surface area contributed by atoms with E-state index in [0.717, 1.165) is 12.8 Å². The Hall–Kier alpha value is -2.40. The molecule has 1 aliphatic heterocycles. The topological polar surface area (TPSA) is 58.5 Å². The molecule has 0 saturated carbocycles. The van der Waals surface area contributed by atoms with Crippen molar-refractivity contribution in [2.45, 2.75) is 32.7 Å². The van der Waals surface area contributed by atoms with E-state index in [2.05, 4.69) is 21.8 Å². The standard InChI is InChI=1S/C20H22N2O2S/c1-15(13-14-17-9-5-3-6-10-17)21-20-16(2)19(25(23,24)22-20)18-11-7-4-8-12-18/h3-12,15H,13-14H2,1-2H3,(H,21,22). The molecule has 5 heteroatoms. The SMILES string of the molecule is CC1=C(c2ccccc2)S(=O)(=O)NC1=NC(C)CCc1ccccc1. The Labute approximate surface area is 149 Å². The predicted octanol–water partition coefficient (Wildman–Crippen LogP) is 3.77. The maximum atomic E-state index is 12.5. The molecular formula is C20H22N2O2S. The maximum Gasteiger partial charge on any atom is 0.264 e. The Balaban J connectivity index is 1.80. The fourth-order valence-corrected chi connectivity index (χ4v) is 4.46. The summed E-state index contributed by atoms with van der Waals surface area (Å²) in [6, 6.07) is 19.4. The van der Waals surface area contributed by atoms with Crippen molar-refractivity contribution < 1.29 is 8.42 Å². The van der Waals surface area contributed by atoms with E-state index in [4.69, 9.17) is 0 Å². The van der Waals surface area contributed by atoms with Crippen LogP contribution in [0, 0.1) is 0 Å². The van der Waals surface area contributed by atoms with Crippen molar-refractivity contribution in [1.82, 2.24) is 4.72 Å². The summed E-state index contributed by atoms with van der Waals surface area (Å²) in [6.07, 6.45) is 1.78. The van der Waals surface area contributed by atoms with Crippen molar-refractivity contribution >= 4 is 20.8 Å². The molecule has 1 N–H and O–H groups in total. The summed E-state index contributed by atoms with van der Waals surface area (Å²) in [4.78, 5) is 4.93. The van der Waals surface area contributed by atoms with E-state index in [1.54, 1.807) is 12.1 Å². The van der Waals surface area contributed by atoms with Crippen molar-refractivity contribution in [2.75, 3.05) is 0 Å². The van der Waals surface area contributed by atoms with Gasteiger partial charge in [0.2, 0.25) is 0 Å². The van der Waals surface area contributed by atoms with Crippen LogP contribution in [0.2, 0.25) is 0 Å². The van der Waals surface area contributed by atoms with E-state index in [9.17, 15) is 8.42 Å². The zero-order valence-electron chi connectivity index (χ0n) is 14.4. The van der Waals surface area contributed by atoms with Crippen molar-refractivity contribution in [3.8, 4) is 0 Å². The quantitative estimate of drug-likeness (QED) is 0.888. The molecule has 0 spiro atoms. The van der Waals surface area contributed by atoms with E-state index in [1.807, 2.05) is 50.2 Å². The summed E-state index contributed by atoms with van der Waals surface area (Å²) >= 11 is 0. The lowest BCUT2D eigenvalue weighted by Crippen LogP contribution is -2.25. The van der Waals surface area contributed by atoms with Gasteiger partial charge in [-0.05, 0) is 37.8 Å². The number of hydrogen-bond donors (Lipinski definition) is 1. The Morgan fingerprint density at radius 2 is 1.60 bits per heavy atom. The largest absolute Gasteiger partial charge is 0.264 e. The van der Waals surface area contributed by atoms with E-state index in [1.165, 1.54) is 5.56 Å². The first-order valence-electron chi connectivity index (χ1n) is 8.38. The Bertz CT molecular complexity index is 901. The average Bonchev–Trinajstić information content (AvgIpc) is 2.83. The molecule has 1 unspecified atom stereocenters. The third-order valence-electron chi connectivity index (χ3n) is 4.27. The van der Waals surface area contributed by atoms with Gasteiger partial charge in [0.15, 0.2) is 0 Å². The first-order valence-corrected chi connectivity index (χ1v) is 9.87. The molecule has 1 atom stereocenters. The van der Waals surface area contributed by atoms with Gasteiger partial charge in [-0.25, -0.2) is 8.42 Å². The first-order chi connectivity index (χ1) is 12.0. The summed E-state index contributed by atoms with van der Waals surface area (Å²) in [5, 5.41) is 0. The van der Waals surface area contributed by atoms with Crippen LogP contribution in [0.5, 0.6) is 0 Å². The van der Waals surface area contributed by atoms with Crippen LogP contribution in [0.4, 0.5) is 0 Å². The minimum Gasteiger partial charge on any atom is -0.264 e. The summed E-state index contributed by atoms with van der Waals surface area (Å²) in [6.45, 7) is 3.82. The lowest BCUT2D eigenvalue weighted by molar-refractivity contribution is 0.603. The second-order valence-corrected chi connectivity index (χ2v) is 7.90. The van der Waals surface area contributed by atoms with Crippen LogP contribution in [0.1, 0.15) is 31.4 Å². The molecule has 1 heterocycles. The van der Waals surface area contributed by atoms with E-state index < -0.39 is 10.0 Å².